The van der Waals surface area contributed by atoms with Gasteiger partial charge in [-0.3, -0.25) is 14.6 Å². The van der Waals surface area contributed by atoms with Crippen molar-refractivity contribution < 1.29 is 14.3 Å². The van der Waals surface area contributed by atoms with E-state index < -0.39 is 6.10 Å². The summed E-state index contributed by atoms with van der Waals surface area (Å²) in [6.45, 7) is 6.41. The minimum absolute atomic E-state index is 0.0348. The number of benzene rings is 1. The molecule has 7 nitrogen and oxygen atoms in total. The average molecular weight is 511 g/mol. The maximum Gasteiger partial charge on any atom is 0.264 e. The van der Waals surface area contributed by atoms with E-state index in [2.05, 4.69) is 16.4 Å². The number of nitrogens with one attached hydrogen (secondary N) is 1. The van der Waals surface area contributed by atoms with Crippen molar-refractivity contribution in [3.8, 4) is 16.9 Å². The van der Waals surface area contributed by atoms with Crippen molar-refractivity contribution in [3.63, 3.8) is 0 Å². The largest absolute Gasteiger partial charge is 0.479 e. The van der Waals surface area contributed by atoms with E-state index in [9.17, 15) is 9.59 Å². The van der Waals surface area contributed by atoms with Gasteiger partial charge in [0.15, 0.2) is 6.10 Å². The molecule has 2 amide bonds. The number of fused-ring (bicyclic) bond motifs is 2. The number of amides is 2. The Bertz CT molecular complexity index is 1320. The number of nitrogens with zero attached hydrogens (tertiary/aromatic N) is 3. The summed E-state index contributed by atoms with van der Waals surface area (Å²) in [6, 6.07) is 7.87. The Morgan fingerprint density at radius 2 is 2.06 bits per heavy atom. The molecule has 0 saturated carbocycles. The number of aromatic nitrogens is 1. The number of carbonyl (C=O) groups excluding carboxylic acids is 2. The first-order valence-electron chi connectivity index (χ1n) is 12.1. The summed E-state index contributed by atoms with van der Waals surface area (Å²) in [6.07, 6.45) is 2.69. The minimum atomic E-state index is -0.528. The third kappa shape index (κ3) is 4.17. The molecule has 0 spiro atoms. The van der Waals surface area contributed by atoms with E-state index in [4.69, 9.17) is 16.3 Å². The van der Waals surface area contributed by atoms with E-state index in [1.54, 1.807) is 17.5 Å². The molecule has 0 radical (unpaired) electrons. The van der Waals surface area contributed by atoms with Gasteiger partial charge in [0.05, 0.1) is 16.8 Å². The Morgan fingerprint density at radius 3 is 2.83 bits per heavy atom. The number of hydrogen-bond donors (Lipinski definition) is 1. The van der Waals surface area contributed by atoms with Gasteiger partial charge in [0, 0.05) is 77.8 Å². The lowest BCUT2D eigenvalue weighted by Crippen LogP contribution is -2.50. The maximum atomic E-state index is 13.1. The number of halogens is 1. The molecule has 0 aliphatic carbocycles. The van der Waals surface area contributed by atoms with E-state index in [-0.39, 0.29) is 17.7 Å². The molecule has 2 saturated heterocycles. The van der Waals surface area contributed by atoms with Crippen LogP contribution in [0.1, 0.15) is 23.8 Å². The van der Waals surface area contributed by atoms with Crippen molar-refractivity contribution in [2.24, 2.45) is 5.92 Å². The van der Waals surface area contributed by atoms with Crippen molar-refractivity contribution in [1.82, 2.24) is 20.1 Å². The van der Waals surface area contributed by atoms with Crippen molar-refractivity contribution in [1.29, 1.82) is 0 Å². The van der Waals surface area contributed by atoms with E-state index in [0.717, 1.165) is 63.6 Å². The molecular weight excluding hydrogens is 484 g/mol. The fourth-order valence-electron chi connectivity index (χ4n) is 5.27. The van der Waals surface area contributed by atoms with Gasteiger partial charge in [-0.1, -0.05) is 18.5 Å². The lowest BCUT2D eigenvalue weighted by Gasteiger charge is -2.29. The van der Waals surface area contributed by atoms with Gasteiger partial charge in [0.1, 0.15) is 5.75 Å². The van der Waals surface area contributed by atoms with Crippen LogP contribution < -0.4 is 10.1 Å². The molecule has 1 aromatic carbocycles. The van der Waals surface area contributed by atoms with Gasteiger partial charge in [0.25, 0.3) is 5.91 Å². The van der Waals surface area contributed by atoms with Gasteiger partial charge < -0.3 is 19.9 Å². The quantitative estimate of drug-likeness (QED) is 0.579. The normalized spacial score (nSPS) is 22.1. The molecule has 3 aromatic rings. The van der Waals surface area contributed by atoms with Gasteiger partial charge in [0.2, 0.25) is 5.91 Å². The van der Waals surface area contributed by atoms with Crippen molar-refractivity contribution >= 4 is 45.0 Å². The number of rotatable bonds is 4. The molecule has 2 unspecified atom stereocenters. The number of ether oxygens (including phenoxy) is 1. The van der Waals surface area contributed by atoms with E-state index in [1.165, 1.54) is 0 Å². The Labute approximate surface area is 213 Å². The monoisotopic (exact) mass is 510 g/mol. The number of pyridine rings is 1. The molecule has 2 atom stereocenters. The van der Waals surface area contributed by atoms with E-state index in [1.807, 2.05) is 34.9 Å². The third-order valence-corrected chi connectivity index (χ3v) is 8.53. The molecule has 182 valence electrons. The fourth-order valence-corrected chi connectivity index (χ4v) is 6.67. The summed E-state index contributed by atoms with van der Waals surface area (Å²) < 4.78 is 7.35. The number of hydrogen-bond acceptors (Lipinski definition) is 6. The maximum absolute atomic E-state index is 13.1. The predicted molar refractivity (Wildman–Crippen MR) is 137 cm³/mol. The second-order valence-corrected chi connectivity index (χ2v) is 11.1. The van der Waals surface area contributed by atoms with Crippen LogP contribution in [-0.2, 0) is 22.6 Å². The second kappa shape index (κ2) is 9.08. The van der Waals surface area contributed by atoms with Crippen LogP contribution in [0.3, 0.4) is 0 Å². The molecule has 3 aliphatic rings. The van der Waals surface area contributed by atoms with Crippen LogP contribution in [0.2, 0.25) is 5.02 Å². The Balaban J connectivity index is 1.32. The molecule has 6 rings (SSSR count). The van der Waals surface area contributed by atoms with Crippen LogP contribution in [0.5, 0.6) is 5.75 Å². The smallest absolute Gasteiger partial charge is 0.264 e. The van der Waals surface area contributed by atoms with Crippen LogP contribution >= 0.6 is 22.9 Å². The molecule has 0 bridgehead atoms. The summed E-state index contributed by atoms with van der Waals surface area (Å²) in [7, 11) is 0. The van der Waals surface area contributed by atoms with Crippen molar-refractivity contribution in [2.45, 2.75) is 32.4 Å². The Hall–Kier alpha value is -2.68. The molecule has 3 aliphatic heterocycles. The number of piperazine rings is 1. The van der Waals surface area contributed by atoms with Crippen LogP contribution in [0.25, 0.3) is 21.3 Å². The van der Waals surface area contributed by atoms with Gasteiger partial charge in [-0.25, -0.2) is 0 Å². The molecule has 2 aromatic heterocycles. The highest BCUT2D eigenvalue weighted by molar-refractivity contribution is 7.19. The lowest BCUT2D eigenvalue weighted by atomic mass is 10.0. The minimum Gasteiger partial charge on any atom is -0.479 e. The summed E-state index contributed by atoms with van der Waals surface area (Å²) in [4.78, 5) is 35.1. The highest BCUT2D eigenvalue weighted by Crippen LogP contribution is 2.45. The third-order valence-electron chi connectivity index (χ3n) is 7.17. The molecule has 1 N–H and O–H groups in total. The zero-order chi connectivity index (χ0) is 24.1. The standard InChI is InChI=1S/C26H27ClN4O3S/c1-15-3-7-31(25(15)32)14-18-13-21-24(35-18)19(2-4-29-21)20-12-17(27)10-16-11-22(34-23(16)20)26(33)30-8-5-28-6-9-30/h2,4,10,12-13,15,22,28H,3,5-9,11,14H2,1H3. The summed E-state index contributed by atoms with van der Waals surface area (Å²) in [5.74, 6) is 1.08. The number of likely N-dealkylation sites (tertiary alicyclic amines) is 1. The first kappa shape index (κ1) is 22.8. The zero-order valence-electron chi connectivity index (χ0n) is 19.6. The molecule has 2 fully saturated rings. The van der Waals surface area contributed by atoms with Crippen LogP contribution in [0.4, 0.5) is 0 Å². The highest BCUT2D eigenvalue weighted by Gasteiger charge is 2.35. The van der Waals surface area contributed by atoms with E-state index >= 15 is 0 Å². The van der Waals surface area contributed by atoms with E-state index in [0.29, 0.717) is 31.1 Å². The topological polar surface area (TPSA) is 74.8 Å². The predicted octanol–water partition coefficient (Wildman–Crippen LogP) is 3.72. The summed E-state index contributed by atoms with van der Waals surface area (Å²) >= 11 is 8.19. The Morgan fingerprint density at radius 1 is 1.23 bits per heavy atom. The lowest BCUT2D eigenvalue weighted by molar-refractivity contribution is -0.138. The SMILES string of the molecule is CC1CCN(Cc2cc3nccc(-c4cc(Cl)cc5c4OC(C(=O)N4CCNCC4)C5)c3s2)C1=O. The highest BCUT2D eigenvalue weighted by atomic mass is 35.5. The van der Waals surface area contributed by atoms with Crippen molar-refractivity contribution in [3.05, 3.63) is 45.9 Å². The van der Waals surface area contributed by atoms with Crippen molar-refractivity contribution in [2.75, 3.05) is 32.7 Å². The van der Waals surface area contributed by atoms with Crippen LogP contribution in [0.15, 0.2) is 30.5 Å². The molecule has 5 heterocycles. The first-order valence-corrected chi connectivity index (χ1v) is 13.3. The molecular formula is C26H27ClN4O3S. The molecule has 35 heavy (non-hydrogen) atoms. The number of thiophene rings is 1. The fraction of sp³-hybridized carbons (Fsp3) is 0.423. The summed E-state index contributed by atoms with van der Waals surface area (Å²) in [5, 5.41) is 3.90. The van der Waals surface area contributed by atoms with Crippen LogP contribution in [0, 0.1) is 5.92 Å². The number of carbonyl (C=O) groups is 2. The first-order chi connectivity index (χ1) is 17.0. The molecule has 9 heteroatoms. The Kier molecular flexibility index (Phi) is 5.90. The second-order valence-electron chi connectivity index (χ2n) is 9.56. The van der Waals surface area contributed by atoms with Gasteiger partial charge in [-0.05, 0) is 30.7 Å². The zero-order valence-corrected chi connectivity index (χ0v) is 21.1. The van der Waals surface area contributed by atoms with Gasteiger partial charge >= 0.3 is 0 Å². The van der Waals surface area contributed by atoms with Gasteiger partial charge in [-0.2, -0.15) is 0 Å². The van der Waals surface area contributed by atoms with Gasteiger partial charge in [-0.15, -0.1) is 11.3 Å². The average Bonchev–Trinajstić information content (AvgIpc) is 3.56. The van der Waals surface area contributed by atoms with Crippen LogP contribution in [-0.4, -0.2) is 65.4 Å². The summed E-state index contributed by atoms with van der Waals surface area (Å²) in [5.41, 5.74) is 3.72.